The van der Waals surface area contributed by atoms with Crippen molar-refractivity contribution in [2.24, 2.45) is 0 Å². The van der Waals surface area contributed by atoms with Gasteiger partial charge in [-0.15, -0.1) is 11.3 Å². The number of rotatable bonds is 4. The standard InChI is InChI=1S/C22H26N4OS/c1-3-16-8-10-17(11-9-16)25-21(27)19-15(2)18-20(23-14-24-22(18)28-19)26-12-6-4-5-7-13-26/h8-11,14H,3-7,12-13H2,1-2H3,(H,25,27). The number of carbonyl (C=O) groups excluding carboxylic acids is 1. The molecular weight excluding hydrogens is 368 g/mol. The number of thiophene rings is 1. The van der Waals surface area contributed by atoms with E-state index in [2.05, 4.69) is 39.2 Å². The molecule has 28 heavy (non-hydrogen) atoms. The molecule has 0 unspecified atom stereocenters. The molecule has 146 valence electrons. The predicted molar refractivity (Wildman–Crippen MR) is 117 cm³/mol. The molecule has 0 saturated carbocycles. The second-order valence-electron chi connectivity index (χ2n) is 7.34. The van der Waals surface area contributed by atoms with Crippen molar-refractivity contribution in [3.8, 4) is 0 Å². The van der Waals surface area contributed by atoms with E-state index in [1.54, 1.807) is 6.33 Å². The lowest BCUT2D eigenvalue weighted by molar-refractivity contribution is 0.103. The van der Waals surface area contributed by atoms with Crippen molar-refractivity contribution in [3.05, 3.63) is 46.6 Å². The minimum Gasteiger partial charge on any atom is -0.356 e. The van der Waals surface area contributed by atoms with E-state index in [4.69, 9.17) is 0 Å². The predicted octanol–water partition coefficient (Wildman–Crippen LogP) is 5.19. The molecule has 0 bridgehead atoms. The van der Waals surface area contributed by atoms with Gasteiger partial charge < -0.3 is 10.2 Å². The first kappa shape index (κ1) is 18.9. The Bertz CT molecular complexity index is 972. The average molecular weight is 395 g/mol. The van der Waals surface area contributed by atoms with Crippen molar-refractivity contribution in [1.29, 1.82) is 0 Å². The fraction of sp³-hybridized carbons (Fsp3) is 0.409. The maximum Gasteiger partial charge on any atom is 0.266 e. The zero-order chi connectivity index (χ0) is 19.5. The number of hydrogen-bond acceptors (Lipinski definition) is 5. The molecule has 1 saturated heterocycles. The van der Waals surface area contributed by atoms with E-state index in [9.17, 15) is 4.79 Å². The van der Waals surface area contributed by atoms with Gasteiger partial charge in [0, 0.05) is 18.8 Å². The van der Waals surface area contributed by atoms with Crippen molar-refractivity contribution in [2.75, 3.05) is 23.3 Å². The Morgan fingerprint density at radius 1 is 1.11 bits per heavy atom. The molecule has 3 aromatic rings. The highest BCUT2D eigenvalue weighted by atomic mass is 32.1. The molecule has 1 aliphatic rings. The zero-order valence-corrected chi connectivity index (χ0v) is 17.3. The van der Waals surface area contributed by atoms with Crippen LogP contribution in [0.1, 0.15) is 53.4 Å². The normalized spacial score (nSPS) is 14.9. The Hall–Kier alpha value is -2.47. The van der Waals surface area contributed by atoms with E-state index in [0.29, 0.717) is 4.88 Å². The second-order valence-corrected chi connectivity index (χ2v) is 8.34. The second kappa shape index (κ2) is 8.27. The van der Waals surface area contributed by atoms with Gasteiger partial charge in [0.1, 0.15) is 17.0 Å². The van der Waals surface area contributed by atoms with Gasteiger partial charge in [0.15, 0.2) is 0 Å². The minimum absolute atomic E-state index is 0.0773. The number of nitrogens with one attached hydrogen (secondary N) is 1. The molecule has 0 spiro atoms. The number of aryl methyl sites for hydroxylation is 2. The average Bonchev–Trinajstić information content (AvgIpc) is 2.89. The monoisotopic (exact) mass is 394 g/mol. The third kappa shape index (κ3) is 3.74. The van der Waals surface area contributed by atoms with Crippen molar-refractivity contribution in [2.45, 2.75) is 46.0 Å². The Morgan fingerprint density at radius 2 is 1.82 bits per heavy atom. The summed E-state index contributed by atoms with van der Waals surface area (Å²) in [5, 5.41) is 4.06. The number of benzene rings is 1. The lowest BCUT2D eigenvalue weighted by Crippen LogP contribution is -2.25. The van der Waals surface area contributed by atoms with Crippen molar-refractivity contribution in [3.63, 3.8) is 0 Å². The molecule has 1 fully saturated rings. The molecule has 0 aliphatic carbocycles. The number of fused-ring (bicyclic) bond motifs is 1. The first-order valence-corrected chi connectivity index (χ1v) is 10.9. The Kier molecular flexibility index (Phi) is 5.57. The van der Waals surface area contributed by atoms with Crippen molar-refractivity contribution >= 4 is 39.0 Å². The van der Waals surface area contributed by atoms with Gasteiger partial charge in [-0.3, -0.25) is 4.79 Å². The van der Waals surface area contributed by atoms with Crippen LogP contribution in [0.15, 0.2) is 30.6 Å². The zero-order valence-electron chi connectivity index (χ0n) is 16.5. The van der Waals surface area contributed by atoms with Crippen LogP contribution in [0.3, 0.4) is 0 Å². The number of amides is 1. The first-order chi connectivity index (χ1) is 13.7. The van der Waals surface area contributed by atoms with Crippen LogP contribution in [0.5, 0.6) is 0 Å². The fourth-order valence-electron chi connectivity index (χ4n) is 3.80. The number of carbonyl (C=O) groups is 1. The van der Waals surface area contributed by atoms with Crippen LogP contribution in [-0.4, -0.2) is 29.0 Å². The third-order valence-corrected chi connectivity index (χ3v) is 6.64. The van der Waals surface area contributed by atoms with Gasteiger partial charge in [-0.1, -0.05) is 31.9 Å². The maximum atomic E-state index is 12.9. The molecule has 1 N–H and O–H groups in total. The Labute approximate surface area is 169 Å². The lowest BCUT2D eigenvalue weighted by Gasteiger charge is -2.22. The van der Waals surface area contributed by atoms with Gasteiger partial charge in [-0.25, -0.2) is 9.97 Å². The molecule has 1 aliphatic heterocycles. The smallest absolute Gasteiger partial charge is 0.266 e. The number of nitrogens with zero attached hydrogens (tertiary/aromatic N) is 3. The number of hydrogen-bond donors (Lipinski definition) is 1. The van der Waals surface area contributed by atoms with Crippen LogP contribution in [-0.2, 0) is 6.42 Å². The van der Waals surface area contributed by atoms with Gasteiger partial charge in [0.05, 0.1) is 10.3 Å². The van der Waals surface area contributed by atoms with Crippen molar-refractivity contribution < 1.29 is 4.79 Å². The largest absolute Gasteiger partial charge is 0.356 e. The summed E-state index contributed by atoms with van der Waals surface area (Å²) in [5.41, 5.74) is 3.05. The first-order valence-electron chi connectivity index (χ1n) is 10.1. The van der Waals surface area contributed by atoms with Crippen LogP contribution in [0.25, 0.3) is 10.2 Å². The fourth-order valence-corrected chi connectivity index (χ4v) is 4.84. The molecule has 1 amide bonds. The molecule has 0 atom stereocenters. The summed E-state index contributed by atoms with van der Waals surface area (Å²) < 4.78 is 0. The van der Waals surface area contributed by atoms with Gasteiger partial charge in [0.2, 0.25) is 0 Å². The molecule has 1 aromatic carbocycles. The summed E-state index contributed by atoms with van der Waals surface area (Å²) >= 11 is 1.45. The van der Waals surface area contributed by atoms with E-state index in [-0.39, 0.29) is 5.91 Å². The Balaban J connectivity index is 1.65. The van der Waals surface area contributed by atoms with Crippen LogP contribution in [0, 0.1) is 6.92 Å². The molecule has 6 heteroatoms. The van der Waals surface area contributed by atoms with Gasteiger partial charge in [-0.05, 0) is 49.4 Å². The molecule has 3 heterocycles. The van der Waals surface area contributed by atoms with Crippen LogP contribution in [0.4, 0.5) is 11.5 Å². The summed E-state index contributed by atoms with van der Waals surface area (Å²) in [6, 6.07) is 8.02. The quantitative estimate of drug-likeness (QED) is 0.661. The van der Waals surface area contributed by atoms with Gasteiger partial charge >= 0.3 is 0 Å². The molecule has 2 aromatic heterocycles. The minimum atomic E-state index is -0.0773. The molecule has 0 radical (unpaired) electrons. The third-order valence-electron chi connectivity index (χ3n) is 5.44. The maximum absolute atomic E-state index is 12.9. The van der Waals surface area contributed by atoms with Gasteiger partial charge in [0.25, 0.3) is 5.91 Å². The lowest BCUT2D eigenvalue weighted by atomic mass is 10.1. The van der Waals surface area contributed by atoms with Crippen molar-refractivity contribution in [1.82, 2.24) is 9.97 Å². The van der Waals surface area contributed by atoms with Crippen LogP contribution in [0.2, 0.25) is 0 Å². The summed E-state index contributed by atoms with van der Waals surface area (Å²) in [5.74, 6) is 0.901. The SMILES string of the molecule is CCc1ccc(NC(=O)c2sc3ncnc(N4CCCCCC4)c3c2C)cc1. The molecule has 5 nitrogen and oxygen atoms in total. The Morgan fingerprint density at radius 3 is 2.50 bits per heavy atom. The van der Waals surface area contributed by atoms with E-state index < -0.39 is 0 Å². The highest BCUT2D eigenvalue weighted by molar-refractivity contribution is 7.20. The molecule has 4 rings (SSSR count). The molecular formula is C22H26N4OS. The van der Waals surface area contributed by atoms with E-state index >= 15 is 0 Å². The number of anilines is 2. The van der Waals surface area contributed by atoms with Crippen LogP contribution < -0.4 is 10.2 Å². The highest BCUT2D eigenvalue weighted by Gasteiger charge is 2.22. The van der Waals surface area contributed by atoms with Crippen LogP contribution >= 0.6 is 11.3 Å². The number of aromatic nitrogens is 2. The highest BCUT2D eigenvalue weighted by Crippen LogP contribution is 2.36. The van der Waals surface area contributed by atoms with E-state index in [0.717, 1.165) is 46.8 Å². The summed E-state index contributed by atoms with van der Waals surface area (Å²) in [7, 11) is 0. The summed E-state index contributed by atoms with van der Waals surface area (Å²) in [4.78, 5) is 26.0. The van der Waals surface area contributed by atoms with E-state index in [1.807, 2.05) is 19.1 Å². The van der Waals surface area contributed by atoms with Gasteiger partial charge in [-0.2, -0.15) is 0 Å². The topological polar surface area (TPSA) is 58.1 Å². The van der Waals surface area contributed by atoms with E-state index in [1.165, 1.54) is 42.6 Å². The summed E-state index contributed by atoms with van der Waals surface area (Å²) in [6.07, 6.45) is 7.55. The summed E-state index contributed by atoms with van der Waals surface area (Å²) in [6.45, 7) is 6.18.